The van der Waals surface area contributed by atoms with Crippen molar-refractivity contribution < 1.29 is 17.9 Å². The molecule has 2 aromatic heterocycles. The molecule has 0 bridgehead atoms. The van der Waals surface area contributed by atoms with E-state index in [1.54, 1.807) is 6.07 Å². The van der Waals surface area contributed by atoms with Crippen molar-refractivity contribution in [2.75, 3.05) is 0 Å². The average Bonchev–Trinajstić information content (AvgIpc) is 3.24. The number of para-hydroxylation sites is 1. The lowest BCUT2D eigenvalue weighted by Crippen LogP contribution is -2.24. The standard InChI is InChI=1S/C13H10N4O5S2/c18-17(19)9-4-1-2-6-11(9)24(20,21)14-8-12-15-13(16-22-12)10-5-3-7-23-10/h1-7,14H,8H2. The summed E-state index contributed by atoms with van der Waals surface area (Å²) in [6, 6.07) is 8.71. The highest BCUT2D eigenvalue weighted by molar-refractivity contribution is 7.89. The fraction of sp³-hybridized carbons (Fsp3) is 0.0769. The Hall–Kier alpha value is -2.63. The minimum atomic E-state index is -4.10. The second-order valence-electron chi connectivity index (χ2n) is 4.54. The summed E-state index contributed by atoms with van der Waals surface area (Å²) >= 11 is 1.42. The van der Waals surface area contributed by atoms with Crippen LogP contribution in [0.25, 0.3) is 10.7 Å². The second-order valence-corrected chi connectivity index (χ2v) is 7.22. The molecule has 0 aliphatic rings. The molecule has 9 nitrogen and oxygen atoms in total. The van der Waals surface area contributed by atoms with Crippen molar-refractivity contribution in [2.45, 2.75) is 11.4 Å². The quantitative estimate of drug-likeness (QED) is 0.523. The molecule has 0 amide bonds. The van der Waals surface area contributed by atoms with Crippen LogP contribution in [-0.2, 0) is 16.6 Å². The molecule has 0 aliphatic heterocycles. The Morgan fingerprint density at radius 2 is 2.04 bits per heavy atom. The van der Waals surface area contributed by atoms with Gasteiger partial charge in [0.05, 0.1) is 16.3 Å². The first-order chi connectivity index (χ1) is 11.5. The van der Waals surface area contributed by atoms with Crippen LogP contribution >= 0.6 is 11.3 Å². The highest BCUT2D eigenvalue weighted by atomic mass is 32.2. The van der Waals surface area contributed by atoms with Crippen molar-refractivity contribution >= 4 is 27.0 Å². The van der Waals surface area contributed by atoms with Crippen LogP contribution in [0.5, 0.6) is 0 Å². The summed E-state index contributed by atoms with van der Waals surface area (Å²) in [7, 11) is -4.10. The predicted molar refractivity (Wildman–Crippen MR) is 84.7 cm³/mol. The van der Waals surface area contributed by atoms with Gasteiger partial charge in [0.1, 0.15) is 0 Å². The molecule has 0 saturated carbocycles. The third-order valence-electron chi connectivity index (χ3n) is 2.97. The molecule has 0 saturated heterocycles. The Labute approximate surface area is 140 Å². The molecule has 0 radical (unpaired) electrons. The molecule has 0 fully saturated rings. The Morgan fingerprint density at radius 3 is 2.75 bits per heavy atom. The topological polar surface area (TPSA) is 128 Å². The molecule has 0 atom stereocenters. The summed E-state index contributed by atoms with van der Waals surface area (Å²) in [6.07, 6.45) is 0. The lowest BCUT2D eigenvalue weighted by Gasteiger charge is -2.04. The summed E-state index contributed by atoms with van der Waals surface area (Å²) < 4.78 is 31.7. The number of thiophene rings is 1. The molecule has 0 unspecified atom stereocenters. The van der Waals surface area contributed by atoms with Crippen molar-refractivity contribution in [3.05, 3.63) is 57.8 Å². The Bertz CT molecular complexity index is 966. The van der Waals surface area contributed by atoms with Gasteiger partial charge in [-0.05, 0) is 17.5 Å². The van der Waals surface area contributed by atoms with E-state index in [2.05, 4.69) is 14.9 Å². The summed E-state index contributed by atoms with van der Waals surface area (Å²) in [4.78, 5) is 14.6. The molecule has 3 rings (SSSR count). The van der Waals surface area contributed by atoms with Gasteiger partial charge in [0.2, 0.25) is 21.7 Å². The molecule has 2 heterocycles. The van der Waals surface area contributed by atoms with E-state index >= 15 is 0 Å². The molecular weight excluding hydrogens is 356 g/mol. The zero-order valence-corrected chi connectivity index (χ0v) is 13.6. The predicted octanol–water partition coefficient (Wildman–Crippen LogP) is 2.18. The van der Waals surface area contributed by atoms with E-state index in [1.165, 1.54) is 23.5 Å². The summed E-state index contributed by atoms with van der Waals surface area (Å²) in [5.74, 6) is 0.408. The minimum absolute atomic E-state index is 0.0561. The van der Waals surface area contributed by atoms with Gasteiger partial charge >= 0.3 is 0 Å². The van der Waals surface area contributed by atoms with Crippen molar-refractivity contribution in [1.29, 1.82) is 0 Å². The number of aromatic nitrogens is 2. The molecule has 3 aromatic rings. The van der Waals surface area contributed by atoms with Crippen LogP contribution < -0.4 is 4.72 Å². The van der Waals surface area contributed by atoms with E-state index in [9.17, 15) is 18.5 Å². The van der Waals surface area contributed by atoms with Crippen LogP contribution in [0.4, 0.5) is 5.69 Å². The number of benzene rings is 1. The van der Waals surface area contributed by atoms with Gasteiger partial charge in [0.15, 0.2) is 4.90 Å². The fourth-order valence-electron chi connectivity index (χ4n) is 1.90. The van der Waals surface area contributed by atoms with Crippen LogP contribution in [-0.4, -0.2) is 23.5 Å². The van der Waals surface area contributed by atoms with Crippen LogP contribution in [0.1, 0.15) is 5.89 Å². The lowest BCUT2D eigenvalue weighted by molar-refractivity contribution is -0.387. The van der Waals surface area contributed by atoms with Gasteiger partial charge in [0.25, 0.3) is 5.69 Å². The number of nitro benzene ring substituents is 1. The number of nitrogens with zero attached hydrogens (tertiary/aromatic N) is 3. The van der Waals surface area contributed by atoms with E-state index in [1.807, 2.05) is 11.4 Å². The molecule has 0 spiro atoms. The Morgan fingerprint density at radius 1 is 1.25 bits per heavy atom. The number of rotatable bonds is 6. The fourth-order valence-corrected chi connectivity index (χ4v) is 3.70. The van der Waals surface area contributed by atoms with Gasteiger partial charge in [-0.2, -0.15) is 4.98 Å². The summed E-state index contributed by atoms with van der Waals surface area (Å²) in [5, 5.41) is 16.6. The molecule has 124 valence electrons. The third-order valence-corrected chi connectivity index (χ3v) is 5.29. The van der Waals surface area contributed by atoms with Crippen molar-refractivity contribution in [2.24, 2.45) is 0 Å². The van der Waals surface area contributed by atoms with Gasteiger partial charge in [-0.25, -0.2) is 13.1 Å². The van der Waals surface area contributed by atoms with Gasteiger partial charge in [-0.15, -0.1) is 11.3 Å². The van der Waals surface area contributed by atoms with Crippen LogP contribution in [0, 0.1) is 10.1 Å². The highest BCUT2D eigenvalue weighted by Crippen LogP contribution is 2.23. The Balaban J connectivity index is 1.78. The monoisotopic (exact) mass is 366 g/mol. The van der Waals surface area contributed by atoms with Gasteiger partial charge in [-0.3, -0.25) is 10.1 Å². The molecular formula is C13H10N4O5S2. The van der Waals surface area contributed by atoms with Crippen LogP contribution in [0.15, 0.2) is 51.2 Å². The first-order valence-corrected chi connectivity index (χ1v) is 8.93. The second kappa shape index (κ2) is 6.47. The number of sulfonamides is 1. The van der Waals surface area contributed by atoms with E-state index in [0.29, 0.717) is 5.82 Å². The Kier molecular flexibility index (Phi) is 4.38. The lowest BCUT2D eigenvalue weighted by atomic mass is 10.3. The van der Waals surface area contributed by atoms with E-state index in [-0.39, 0.29) is 12.4 Å². The average molecular weight is 366 g/mol. The maximum absolute atomic E-state index is 12.3. The largest absolute Gasteiger partial charge is 0.337 e. The van der Waals surface area contributed by atoms with Crippen molar-refractivity contribution in [3.8, 4) is 10.7 Å². The van der Waals surface area contributed by atoms with Gasteiger partial charge in [0, 0.05) is 6.07 Å². The number of hydrogen-bond donors (Lipinski definition) is 1. The molecule has 0 aliphatic carbocycles. The van der Waals surface area contributed by atoms with Crippen molar-refractivity contribution in [1.82, 2.24) is 14.9 Å². The zero-order valence-electron chi connectivity index (χ0n) is 11.9. The van der Waals surface area contributed by atoms with E-state index in [0.717, 1.165) is 17.0 Å². The van der Waals surface area contributed by atoms with E-state index < -0.39 is 25.5 Å². The molecule has 24 heavy (non-hydrogen) atoms. The minimum Gasteiger partial charge on any atom is -0.337 e. The summed E-state index contributed by atoms with van der Waals surface area (Å²) in [6.45, 7) is -0.271. The van der Waals surface area contributed by atoms with Gasteiger partial charge < -0.3 is 4.52 Å². The normalized spacial score (nSPS) is 11.5. The zero-order chi connectivity index (χ0) is 17.2. The molecule has 1 aromatic carbocycles. The first kappa shape index (κ1) is 16.2. The highest BCUT2D eigenvalue weighted by Gasteiger charge is 2.25. The van der Waals surface area contributed by atoms with E-state index in [4.69, 9.17) is 4.52 Å². The maximum Gasteiger partial charge on any atom is 0.289 e. The molecule has 1 N–H and O–H groups in total. The van der Waals surface area contributed by atoms with Crippen LogP contribution in [0.2, 0.25) is 0 Å². The first-order valence-electron chi connectivity index (χ1n) is 6.57. The van der Waals surface area contributed by atoms with Crippen LogP contribution in [0.3, 0.4) is 0 Å². The number of nitrogens with one attached hydrogen (secondary N) is 1. The smallest absolute Gasteiger partial charge is 0.289 e. The SMILES string of the molecule is O=[N+]([O-])c1ccccc1S(=O)(=O)NCc1nc(-c2cccs2)no1. The molecule has 11 heteroatoms. The van der Waals surface area contributed by atoms with Gasteiger partial charge in [-0.1, -0.05) is 23.4 Å². The number of hydrogen-bond acceptors (Lipinski definition) is 8. The van der Waals surface area contributed by atoms with Crippen molar-refractivity contribution in [3.63, 3.8) is 0 Å². The maximum atomic E-state index is 12.3. The third kappa shape index (κ3) is 3.32. The number of nitro groups is 1. The summed E-state index contributed by atoms with van der Waals surface area (Å²) in [5.41, 5.74) is -0.505.